The largest absolute Gasteiger partial charge is 0.416 e. The lowest BCUT2D eigenvalue weighted by Crippen LogP contribution is -2.51. The molecule has 144 valence electrons. The molecule has 0 unspecified atom stereocenters. The van der Waals surface area contributed by atoms with Crippen molar-refractivity contribution >= 4 is 11.7 Å². The summed E-state index contributed by atoms with van der Waals surface area (Å²) in [5.74, 6) is -0.294. The highest BCUT2D eigenvalue weighted by Crippen LogP contribution is 2.29. The smallest absolute Gasteiger partial charge is 0.366 e. The molecule has 0 aliphatic carbocycles. The number of urea groups is 1. The Morgan fingerprint density at radius 1 is 0.963 bits per heavy atom. The number of hydrogen-bond acceptors (Lipinski definition) is 2. The Labute approximate surface area is 154 Å². The molecule has 8 heteroatoms. The van der Waals surface area contributed by atoms with E-state index in [1.54, 1.807) is 23.1 Å². The molecule has 1 saturated heterocycles. The van der Waals surface area contributed by atoms with Gasteiger partial charge >= 0.3 is 12.2 Å². The standard InChI is InChI=1S/C19H19F4N3O/c20-16-3-1-2-4-17(16)25-9-11-26(12-10-25)18(27)24-13-14-5-7-15(8-6-14)19(21,22)23/h1-8H,9-13H2,(H,24,27). The molecule has 3 rings (SSSR count). The Balaban J connectivity index is 1.49. The van der Waals surface area contributed by atoms with Crippen molar-refractivity contribution in [1.29, 1.82) is 0 Å². The fraction of sp³-hybridized carbons (Fsp3) is 0.316. The van der Waals surface area contributed by atoms with Crippen LogP contribution in [0, 0.1) is 5.82 Å². The van der Waals surface area contributed by atoms with Crippen LogP contribution in [0.1, 0.15) is 11.1 Å². The van der Waals surface area contributed by atoms with Gasteiger partial charge in [-0.05, 0) is 29.8 Å². The van der Waals surface area contributed by atoms with Gasteiger partial charge in [0.15, 0.2) is 0 Å². The number of anilines is 1. The van der Waals surface area contributed by atoms with Crippen LogP contribution in [-0.4, -0.2) is 37.1 Å². The number of rotatable bonds is 3. The van der Waals surface area contributed by atoms with E-state index in [0.29, 0.717) is 37.4 Å². The van der Waals surface area contributed by atoms with E-state index >= 15 is 0 Å². The lowest BCUT2D eigenvalue weighted by molar-refractivity contribution is -0.137. The van der Waals surface area contributed by atoms with Gasteiger partial charge in [0.05, 0.1) is 11.3 Å². The zero-order valence-electron chi connectivity index (χ0n) is 14.5. The molecule has 4 nitrogen and oxygen atoms in total. The molecule has 2 aromatic rings. The molecular weight excluding hydrogens is 362 g/mol. The highest BCUT2D eigenvalue weighted by molar-refractivity contribution is 5.74. The first kappa shape index (κ1) is 19.0. The minimum atomic E-state index is -4.38. The molecule has 2 aromatic carbocycles. The van der Waals surface area contributed by atoms with Crippen LogP contribution < -0.4 is 10.2 Å². The second-order valence-electron chi connectivity index (χ2n) is 6.28. The number of nitrogens with zero attached hydrogens (tertiary/aromatic N) is 2. The highest BCUT2D eigenvalue weighted by Gasteiger charge is 2.30. The van der Waals surface area contributed by atoms with Crippen molar-refractivity contribution in [3.05, 3.63) is 65.5 Å². The minimum Gasteiger partial charge on any atom is -0.366 e. The number of carbonyl (C=O) groups excluding carboxylic acids is 1. The number of carbonyl (C=O) groups is 1. The fourth-order valence-electron chi connectivity index (χ4n) is 2.96. The lowest BCUT2D eigenvalue weighted by Gasteiger charge is -2.36. The van der Waals surface area contributed by atoms with Gasteiger partial charge in [-0.15, -0.1) is 0 Å². The topological polar surface area (TPSA) is 35.6 Å². The molecule has 1 aliphatic rings. The van der Waals surface area contributed by atoms with Crippen LogP contribution in [0.5, 0.6) is 0 Å². The Kier molecular flexibility index (Phi) is 5.53. The molecule has 0 saturated carbocycles. The third-order valence-electron chi connectivity index (χ3n) is 4.49. The number of alkyl halides is 3. The molecule has 2 amide bonds. The number of para-hydroxylation sites is 1. The van der Waals surface area contributed by atoms with Gasteiger partial charge in [-0.3, -0.25) is 0 Å². The maximum Gasteiger partial charge on any atom is 0.416 e. The van der Waals surface area contributed by atoms with Gasteiger partial charge in [-0.2, -0.15) is 13.2 Å². The first-order valence-corrected chi connectivity index (χ1v) is 8.53. The molecule has 27 heavy (non-hydrogen) atoms. The van der Waals surface area contributed by atoms with E-state index in [4.69, 9.17) is 0 Å². The number of benzene rings is 2. The molecule has 1 heterocycles. The van der Waals surface area contributed by atoms with Gasteiger partial charge in [0, 0.05) is 32.7 Å². The average Bonchev–Trinajstić information content (AvgIpc) is 2.66. The van der Waals surface area contributed by atoms with Gasteiger partial charge in [0.2, 0.25) is 0 Å². The third kappa shape index (κ3) is 4.69. The molecule has 1 fully saturated rings. The van der Waals surface area contributed by atoms with Crippen molar-refractivity contribution in [3.8, 4) is 0 Å². The van der Waals surface area contributed by atoms with E-state index in [1.807, 2.05) is 4.90 Å². The van der Waals surface area contributed by atoms with Gasteiger partial charge < -0.3 is 15.1 Å². The summed E-state index contributed by atoms with van der Waals surface area (Å²) in [5, 5.41) is 2.71. The average molecular weight is 381 g/mol. The van der Waals surface area contributed by atoms with Crippen LogP contribution in [-0.2, 0) is 12.7 Å². The second kappa shape index (κ2) is 7.85. The SMILES string of the molecule is O=C(NCc1ccc(C(F)(F)F)cc1)N1CCN(c2ccccc2F)CC1. The highest BCUT2D eigenvalue weighted by atomic mass is 19.4. The predicted octanol–water partition coefficient (Wildman–Crippen LogP) is 3.88. The van der Waals surface area contributed by atoms with Crippen LogP contribution in [0.4, 0.5) is 28.0 Å². The third-order valence-corrected chi connectivity index (χ3v) is 4.49. The number of hydrogen-bond donors (Lipinski definition) is 1. The number of nitrogens with one attached hydrogen (secondary N) is 1. The second-order valence-corrected chi connectivity index (χ2v) is 6.28. The number of amides is 2. The Bertz CT molecular complexity index is 784. The van der Waals surface area contributed by atoms with Crippen LogP contribution in [0.25, 0.3) is 0 Å². The Morgan fingerprint density at radius 2 is 1.59 bits per heavy atom. The summed E-state index contributed by atoms with van der Waals surface area (Å²) < 4.78 is 51.5. The monoisotopic (exact) mass is 381 g/mol. The zero-order chi connectivity index (χ0) is 19.4. The van der Waals surface area contributed by atoms with E-state index in [1.165, 1.54) is 18.2 Å². The van der Waals surface area contributed by atoms with E-state index < -0.39 is 11.7 Å². The molecule has 0 radical (unpaired) electrons. The quantitative estimate of drug-likeness (QED) is 0.820. The van der Waals surface area contributed by atoms with Crippen LogP contribution in [0.15, 0.2) is 48.5 Å². The Hall–Kier alpha value is -2.77. The van der Waals surface area contributed by atoms with E-state index in [0.717, 1.165) is 12.1 Å². The van der Waals surface area contributed by atoms with Crippen molar-refractivity contribution in [2.24, 2.45) is 0 Å². The molecule has 0 spiro atoms. The Morgan fingerprint density at radius 3 is 2.19 bits per heavy atom. The van der Waals surface area contributed by atoms with Gasteiger partial charge in [0.25, 0.3) is 0 Å². The predicted molar refractivity (Wildman–Crippen MR) is 93.9 cm³/mol. The van der Waals surface area contributed by atoms with Crippen molar-refractivity contribution < 1.29 is 22.4 Å². The zero-order valence-corrected chi connectivity index (χ0v) is 14.5. The summed E-state index contributed by atoms with van der Waals surface area (Å²) >= 11 is 0. The molecular formula is C19H19F4N3O. The van der Waals surface area contributed by atoms with E-state index in [9.17, 15) is 22.4 Å². The van der Waals surface area contributed by atoms with Crippen LogP contribution in [0.3, 0.4) is 0 Å². The fourth-order valence-corrected chi connectivity index (χ4v) is 2.96. The summed E-state index contributed by atoms with van der Waals surface area (Å²) in [5.41, 5.74) is 0.380. The maximum absolute atomic E-state index is 13.8. The minimum absolute atomic E-state index is 0.143. The molecule has 0 atom stereocenters. The lowest BCUT2D eigenvalue weighted by atomic mass is 10.1. The van der Waals surface area contributed by atoms with Gasteiger partial charge in [0.1, 0.15) is 5.82 Å². The molecule has 0 bridgehead atoms. The van der Waals surface area contributed by atoms with Gasteiger partial charge in [-0.1, -0.05) is 24.3 Å². The summed E-state index contributed by atoms with van der Waals surface area (Å²) in [7, 11) is 0. The summed E-state index contributed by atoms with van der Waals surface area (Å²) in [4.78, 5) is 15.7. The van der Waals surface area contributed by atoms with Crippen molar-refractivity contribution in [1.82, 2.24) is 10.2 Å². The van der Waals surface area contributed by atoms with Gasteiger partial charge in [-0.25, -0.2) is 9.18 Å². The summed E-state index contributed by atoms with van der Waals surface area (Å²) in [6.07, 6.45) is -4.38. The molecule has 0 aromatic heterocycles. The first-order chi connectivity index (χ1) is 12.8. The molecule has 1 aliphatic heterocycles. The van der Waals surface area contributed by atoms with Crippen molar-refractivity contribution in [2.45, 2.75) is 12.7 Å². The van der Waals surface area contributed by atoms with Crippen LogP contribution in [0.2, 0.25) is 0 Å². The number of halogens is 4. The van der Waals surface area contributed by atoms with E-state index in [2.05, 4.69) is 5.32 Å². The molecule has 1 N–H and O–H groups in total. The first-order valence-electron chi connectivity index (χ1n) is 8.53. The van der Waals surface area contributed by atoms with Crippen LogP contribution >= 0.6 is 0 Å². The summed E-state index contributed by atoms with van der Waals surface area (Å²) in [6, 6.07) is 10.9. The maximum atomic E-state index is 13.8. The number of piperazine rings is 1. The van der Waals surface area contributed by atoms with E-state index in [-0.39, 0.29) is 18.4 Å². The summed E-state index contributed by atoms with van der Waals surface area (Å²) in [6.45, 7) is 2.04. The van der Waals surface area contributed by atoms with Crippen molar-refractivity contribution in [2.75, 3.05) is 31.1 Å². The normalized spacial score (nSPS) is 15.0. The van der Waals surface area contributed by atoms with Crippen molar-refractivity contribution in [3.63, 3.8) is 0 Å².